The summed E-state index contributed by atoms with van der Waals surface area (Å²) >= 11 is 0. The number of hydrogen-bond donors (Lipinski definition) is 3. The van der Waals surface area contributed by atoms with Gasteiger partial charge in [-0.2, -0.15) is 5.26 Å². The van der Waals surface area contributed by atoms with Crippen LogP contribution < -0.4 is 0 Å². The van der Waals surface area contributed by atoms with Crippen molar-refractivity contribution in [3.63, 3.8) is 0 Å². The highest BCUT2D eigenvalue weighted by atomic mass is 16.4. The van der Waals surface area contributed by atoms with Crippen LogP contribution in [0.4, 0.5) is 0 Å². The standard InChI is InChI=1S/C12H12O5.C3H3N/c13-10(12(16)17)9(11(14)15)7-6-8-4-2-1-3-5-8;1-2-3-4/h1-7,9-10,13H,(H,14,15)(H,16,17);2H,1H2. The fourth-order valence-electron chi connectivity index (χ4n) is 1.26. The second-order valence-electron chi connectivity index (χ2n) is 3.75. The van der Waals surface area contributed by atoms with Gasteiger partial charge in [0.05, 0.1) is 6.07 Å². The van der Waals surface area contributed by atoms with Crippen LogP contribution in [0, 0.1) is 17.2 Å². The van der Waals surface area contributed by atoms with Gasteiger partial charge in [0.2, 0.25) is 0 Å². The average Bonchev–Trinajstić information content (AvgIpc) is 2.48. The molecule has 6 heteroatoms. The molecule has 0 spiro atoms. The third kappa shape index (κ3) is 7.30. The van der Waals surface area contributed by atoms with Gasteiger partial charge in [-0.25, -0.2) is 4.79 Å². The number of nitriles is 1. The van der Waals surface area contributed by atoms with E-state index < -0.39 is 24.0 Å². The third-order valence-corrected chi connectivity index (χ3v) is 2.27. The Bertz CT molecular complexity index is 545. The largest absolute Gasteiger partial charge is 0.481 e. The molecular formula is C15H15NO5. The molecule has 1 aromatic carbocycles. The van der Waals surface area contributed by atoms with Gasteiger partial charge in [-0.15, -0.1) is 0 Å². The molecule has 3 N–H and O–H groups in total. The van der Waals surface area contributed by atoms with Gasteiger partial charge in [0, 0.05) is 6.08 Å². The van der Waals surface area contributed by atoms with Crippen LogP contribution in [-0.2, 0) is 9.59 Å². The van der Waals surface area contributed by atoms with Crippen molar-refractivity contribution in [3.8, 4) is 6.07 Å². The fraction of sp³-hybridized carbons (Fsp3) is 0.133. The summed E-state index contributed by atoms with van der Waals surface area (Å²) in [6, 6.07) is 10.5. The summed E-state index contributed by atoms with van der Waals surface area (Å²) in [5.74, 6) is -4.41. The number of allylic oxidation sites excluding steroid dienone is 1. The third-order valence-electron chi connectivity index (χ3n) is 2.27. The second kappa shape index (κ2) is 9.95. The second-order valence-corrected chi connectivity index (χ2v) is 3.75. The summed E-state index contributed by atoms with van der Waals surface area (Å²) in [6.45, 7) is 3.12. The predicted octanol–water partition coefficient (Wildman–Crippen LogP) is 1.54. The summed E-state index contributed by atoms with van der Waals surface area (Å²) < 4.78 is 0. The normalized spacial score (nSPS) is 12.4. The molecule has 6 nitrogen and oxygen atoms in total. The number of rotatable bonds is 5. The summed E-state index contributed by atoms with van der Waals surface area (Å²) in [5, 5.41) is 34.1. The minimum atomic E-state index is -1.95. The van der Waals surface area contributed by atoms with Crippen LogP contribution in [0.2, 0.25) is 0 Å². The summed E-state index contributed by atoms with van der Waals surface area (Å²) in [4.78, 5) is 21.3. The van der Waals surface area contributed by atoms with Gasteiger partial charge in [0.15, 0.2) is 6.10 Å². The highest BCUT2D eigenvalue weighted by Gasteiger charge is 2.29. The van der Waals surface area contributed by atoms with Crippen molar-refractivity contribution < 1.29 is 24.9 Å². The van der Waals surface area contributed by atoms with Crippen molar-refractivity contribution >= 4 is 18.0 Å². The SMILES string of the molecule is C=CC#N.O=C(O)C(O)C(C=Cc1ccccc1)C(=O)O. The van der Waals surface area contributed by atoms with Gasteiger partial charge in [-0.05, 0) is 5.56 Å². The Labute approximate surface area is 121 Å². The minimum absolute atomic E-state index is 0.733. The van der Waals surface area contributed by atoms with Gasteiger partial charge >= 0.3 is 11.9 Å². The van der Waals surface area contributed by atoms with Crippen LogP contribution in [0.3, 0.4) is 0 Å². The van der Waals surface area contributed by atoms with Crippen molar-refractivity contribution in [3.05, 3.63) is 54.6 Å². The zero-order valence-corrected chi connectivity index (χ0v) is 11.1. The first kappa shape index (κ1) is 18.1. The van der Waals surface area contributed by atoms with E-state index in [4.69, 9.17) is 15.5 Å². The number of carboxylic acid groups (broad SMARTS) is 2. The van der Waals surface area contributed by atoms with E-state index in [-0.39, 0.29) is 0 Å². The molecule has 110 valence electrons. The first-order chi connectivity index (χ1) is 9.93. The van der Waals surface area contributed by atoms with E-state index in [0.29, 0.717) is 0 Å². The Hall–Kier alpha value is -2.91. The molecule has 2 unspecified atom stereocenters. The smallest absolute Gasteiger partial charge is 0.333 e. The Morgan fingerprint density at radius 1 is 1.19 bits per heavy atom. The average molecular weight is 289 g/mol. The van der Waals surface area contributed by atoms with Gasteiger partial charge in [-0.1, -0.05) is 49.1 Å². The van der Waals surface area contributed by atoms with E-state index in [0.717, 1.165) is 11.6 Å². The molecule has 0 aliphatic rings. The highest BCUT2D eigenvalue weighted by Crippen LogP contribution is 2.10. The van der Waals surface area contributed by atoms with Crippen molar-refractivity contribution in [2.24, 2.45) is 5.92 Å². The molecule has 0 aliphatic carbocycles. The summed E-state index contributed by atoms with van der Waals surface area (Å²) in [6.07, 6.45) is 1.86. The number of hydrogen-bond acceptors (Lipinski definition) is 4. The Kier molecular flexibility index (Phi) is 8.57. The highest BCUT2D eigenvalue weighted by molar-refractivity contribution is 5.83. The zero-order valence-electron chi connectivity index (χ0n) is 11.1. The minimum Gasteiger partial charge on any atom is -0.481 e. The lowest BCUT2D eigenvalue weighted by Gasteiger charge is -2.10. The number of carboxylic acids is 2. The molecule has 0 bridgehead atoms. The van der Waals surface area contributed by atoms with E-state index in [2.05, 4.69) is 6.58 Å². The molecule has 0 fully saturated rings. The van der Waals surface area contributed by atoms with Crippen molar-refractivity contribution in [1.82, 2.24) is 0 Å². The Morgan fingerprint density at radius 2 is 1.71 bits per heavy atom. The molecular weight excluding hydrogens is 274 g/mol. The molecule has 0 saturated heterocycles. The van der Waals surface area contributed by atoms with Crippen LogP contribution >= 0.6 is 0 Å². The monoisotopic (exact) mass is 289 g/mol. The molecule has 0 heterocycles. The maximum atomic E-state index is 10.8. The molecule has 0 aromatic heterocycles. The van der Waals surface area contributed by atoms with Crippen molar-refractivity contribution in [2.75, 3.05) is 0 Å². The van der Waals surface area contributed by atoms with Crippen LogP contribution in [-0.4, -0.2) is 33.4 Å². The summed E-state index contributed by atoms with van der Waals surface area (Å²) in [7, 11) is 0. The van der Waals surface area contributed by atoms with E-state index in [9.17, 15) is 14.7 Å². The molecule has 0 amide bonds. The van der Waals surface area contributed by atoms with E-state index >= 15 is 0 Å². The lowest BCUT2D eigenvalue weighted by Crippen LogP contribution is -2.33. The molecule has 0 aliphatic heterocycles. The molecule has 1 aromatic rings. The molecule has 0 saturated carbocycles. The Morgan fingerprint density at radius 3 is 2.10 bits per heavy atom. The lowest BCUT2D eigenvalue weighted by molar-refractivity contribution is -0.157. The van der Waals surface area contributed by atoms with Crippen LogP contribution in [0.25, 0.3) is 6.08 Å². The van der Waals surface area contributed by atoms with Gasteiger partial charge in [0.1, 0.15) is 5.92 Å². The Balaban J connectivity index is 0.000000885. The molecule has 2 atom stereocenters. The first-order valence-corrected chi connectivity index (χ1v) is 5.81. The fourth-order valence-corrected chi connectivity index (χ4v) is 1.26. The molecule has 21 heavy (non-hydrogen) atoms. The van der Waals surface area contributed by atoms with Crippen LogP contribution in [0.5, 0.6) is 0 Å². The number of nitrogens with zero attached hydrogens (tertiary/aromatic N) is 1. The number of aliphatic hydroxyl groups is 1. The van der Waals surface area contributed by atoms with Crippen molar-refractivity contribution in [2.45, 2.75) is 6.10 Å². The molecule has 0 radical (unpaired) electrons. The predicted molar refractivity (Wildman–Crippen MR) is 76.1 cm³/mol. The van der Waals surface area contributed by atoms with E-state index in [1.165, 1.54) is 12.2 Å². The quantitative estimate of drug-likeness (QED) is 0.707. The maximum Gasteiger partial charge on any atom is 0.333 e. The summed E-state index contributed by atoms with van der Waals surface area (Å²) in [5.41, 5.74) is 0.733. The van der Waals surface area contributed by atoms with E-state index in [1.54, 1.807) is 36.4 Å². The van der Waals surface area contributed by atoms with E-state index in [1.807, 2.05) is 0 Å². The number of benzene rings is 1. The zero-order chi connectivity index (χ0) is 16.3. The number of aliphatic hydroxyl groups excluding tert-OH is 1. The van der Waals surface area contributed by atoms with Crippen LogP contribution in [0.1, 0.15) is 5.56 Å². The molecule has 1 rings (SSSR count). The first-order valence-electron chi connectivity index (χ1n) is 5.81. The van der Waals surface area contributed by atoms with Crippen LogP contribution in [0.15, 0.2) is 49.1 Å². The number of aliphatic carboxylic acids is 2. The van der Waals surface area contributed by atoms with Crippen molar-refractivity contribution in [1.29, 1.82) is 5.26 Å². The maximum absolute atomic E-state index is 10.8. The van der Waals surface area contributed by atoms with Gasteiger partial charge < -0.3 is 15.3 Å². The van der Waals surface area contributed by atoms with Gasteiger partial charge in [-0.3, -0.25) is 4.79 Å². The number of carbonyl (C=O) groups is 2. The topological polar surface area (TPSA) is 119 Å². The van der Waals surface area contributed by atoms with Gasteiger partial charge in [0.25, 0.3) is 0 Å². The lowest BCUT2D eigenvalue weighted by atomic mass is 10.0.